The molecule has 1 saturated heterocycles. The lowest BCUT2D eigenvalue weighted by molar-refractivity contribution is 0.346. The predicted molar refractivity (Wildman–Crippen MR) is 102 cm³/mol. The molecule has 4 rings (SSSR count). The molecule has 0 saturated carbocycles. The maximum atomic E-state index is 4.81. The summed E-state index contributed by atoms with van der Waals surface area (Å²) in [4.78, 5) is 16.0. The Morgan fingerprint density at radius 1 is 1.08 bits per heavy atom. The van der Waals surface area contributed by atoms with Crippen LogP contribution in [0.5, 0.6) is 0 Å². The van der Waals surface area contributed by atoms with Gasteiger partial charge in [0.2, 0.25) is 0 Å². The molecule has 1 fully saturated rings. The molecule has 0 radical (unpaired) electrons. The van der Waals surface area contributed by atoms with Crippen LogP contribution in [-0.4, -0.2) is 37.8 Å². The van der Waals surface area contributed by atoms with Crippen molar-refractivity contribution in [1.29, 1.82) is 0 Å². The van der Waals surface area contributed by atoms with Crippen LogP contribution < -0.4 is 4.90 Å². The molecule has 0 spiro atoms. The number of benzene rings is 1. The molecular formula is C20H24N6. The van der Waals surface area contributed by atoms with Crippen LogP contribution in [0.3, 0.4) is 0 Å². The van der Waals surface area contributed by atoms with Crippen LogP contribution in [0.15, 0.2) is 42.6 Å². The third kappa shape index (κ3) is 3.59. The van der Waals surface area contributed by atoms with E-state index in [9.17, 15) is 0 Å². The molecule has 134 valence electrons. The summed E-state index contributed by atoms with van der Waals surface area (Å²) in [6.45, 7) is 6.92. The number of hydrogen-bond acceptors (Lipinski definition) is 5. The fourth-order valence-corrected chi connectivity index (χ4v) is 3.65. The van der Waals surface area contributed by atoms with Crippen LogP contribution in [0.1, 0.15) is 24.5 Å². The maximum Gasteiger partial charge on any atom is 0.161 e. The lowest BCUT2D eigenvalue weighted by Crippen LogP contribution is -2.38. The van der Waals surface area contributed by atoms with Crippen LogP contribution in [0.2, 0.25) is 0 Å². The molecule has 1 atom stereocenters. The van der Waals surface area contributed by atoms with Gasteiger partial charge in [-0.2, -0.15) is 5.10 Å². The van der Waals surface area contributed by atoms with Crippen molar-refractivity contribution >= 4 is 5.82 Å². The minimum Gasteiger partial charge on any atom is -0.356 e. The van der Waals surface area contributed by atoms with E-state index in [4.69, 9.17) is 4.98 Å². The van der Waals surface area contributed by atoms with Crippen molar-refractivity contribution in [3.63, 3.8) is 0 Å². The molecule has 0 N–H and O–H groups in total. The van der Waals surface area contributed by atoms with Gasteiger partial charge < -0.3 is 4.90 Å². The monoisotopic (exact) mass is 348 g/mol. The van der Waals surface area contributed by atoms with Gasteiger partial charge in [-0.15, -0.1) is 0 Å². The van der Waals surface area contributed by atoms with Gasteiger partial charge >= 0.3 is 0 Å². The number of anilines is 1. The van der Waals surface area contributed by atoms with Gasteiger partial charge in [0.05, 0.1) is 0 Å². The van der Waals surface area contributed by atoms with Gasteiger partial charge in [0.1, 0.15) is 17.5 Å². The quantitative estimate of drug-likeness (QED) is 0.724. The molecule has 3 heterocycles. The molecule has 1 aromatic carbocycles. The van der Waals surface area contributed by atoms with Crippen LogP contribution in [0.25, 0.3) is 11.4 Å². The first-order chi connectivity index (χ1) is 12.7. The molecule has 0 aliphatic carbocycles. The van der Waals surface area contributed by atoms with Gasteiger partial charge in [0.25, 0.3) is 0 Å². The summed E-state index contributed by atoms with van der Waals surface area (Å²) in [6, 6.07) is 12.2. The van der Waals surface area contributed by atoms with Gasteiger partial charge in [-0.25, -0.2) is 19.6 Å². The molecule has 3 aromatic rings. The Labute approximate surface area is 153 Å². The van der Waals surface area contributed by atoms with E-state index in [0.717, 1.165) is 48.5 Å². The highest BCUT2D eigenvalue weighted by atomic mass is 15.3. The van der Waals surface area contributed by atoms with Crippen LogP contribution in [-0.2, 0) is 6.54 Å². The van der Waals surface area contributed by atoms with E-state index >= 15 is 0 Å². The largest absolute Gasteiger partial charge is 0.356 e. The van der Waals surface area contributed by atoms with Crippen molar-refractivity contribution in [2.24, 2.45) is 5.92 Å². The predicted octanol–water partition coefficient (Wildman–Crippen LogP) is 3.27. The van der Waals surface area contributed by atoms with Crippen molar-refractivity contribution in [3.8, 4) is 11.4 Å². The van der Waals surface area contributed by atoms with E-state index in [1.165, 1.54) is 12.8 Å². The Morgan fingerprint density at radius 2 is 1.92 bits per heavy atom. The highest BCUT2D eigenvalue weighted by Gasteiger charge is 2.22. The molecule has 1 aliphatic rings. The Bertz CT molecular complexity index is 873. The summed E-state index contributed by atoms with van der Waals surface area (Å²) in [5.74, 6) is 4.19. The molecule has 0 amide bonds. The first kappa shape index (κ1) is 16.7. The highest BCUT2D eigenvalue weighted by molar-refractivity contribution is 5.57. The van der Waals surface area contributed by atoms with Crippen molar-refractivity contribution in [3.05, 3.63) is 54.2 Å². The molecule has 0 unspecified atom stereocenters. The summed E-state index contributed by atoms with van der Waals surface area (Å²) in [5.41, 5.74) is 1.05. The smallest absolute Gasteiger partial charge is 0.161 e. The Balaban J connectivity index is 1.50. The number of aromatic nitrogens is 5. The number of piperidine rings is 1. The lowest BCUT2D eigenvalue weighted by Gasteiger charge is -2.33. The van der Waals surface area contributed by atoms with Crippen molar-refractivity contribution in [2.75, 3.05) is 18.0 Å². The van der Waals surface area contributed by atoms with E-state index < -0.39 is 0 Å². The fraction of sp³-hybridized carbons (Fsp3) is 0.400. The zero-order valence-electron chi connectivity index (χ0n) is 15.3. The Hall–Kier alpha value is -2.76. The minimum absolute atomic E-state index is 0.554. The fourth-order valence-electron chi connectivity index (χ4n) is 3.65. The lowest BCUT2D eigenvalue weighted by atomic mass is 9.98. The van der Waals surface area contributed by atoms with Crippen LogP contribution in [0.4, 0.5) is 5.82 Å². The number of hydrogen-bond donors (Lipinski definition) is 0. The second-order valence-electron chi connectivity index (χ2n) is 6.95. The summed E-state index contributed by atoms with van der Waals surface area (Å²) in [6.07, 6.45) is 4.24. The molecule has 6 heteroatoms. The third-order valence-electron chi connectivity index (χ3n) is 4.91. The van der Waals surface area contributed by atoms with Crippen molar-refractivity contribution < 1.29 is 0 Å². The maximum absolute atomic E-state index is 4.81. The van der Waals surface area contributed by atoms with E-state index in [1.54, 1.807) is 0 Å². The van der Waals surface area contributed by atoms with Gasteiger partial charge in [0.15, 0.2) is 5.82 Å². The molecule has 2 aromatic heterocycles. The van der Waals surface area contributed by atoms with E-state index in [1.807, 2.05) is 61.1 Å². The Kier molecular flexibility index (Phi) is 4.65. The average Bonchev–Trinajstić information content (AvgIpc) is 3.00. The van der Waals surface area contributed by atoms with Gasteiger partial charge in [-0.3, -0.25) is 0 Å². The normalized spacial score (nSPS) is 17.5. The van der Waals surface area contributed by atoms with Crippen molar-refractivity contribution in [1.82, 2.24) is 24.7 Å². The number of rotatable bonds is 4. The van der Waals surface area contributed by atoms with Crippen molar-refractivity contribution in [2.45, 2.75) is 33.2 Å². The molecule has 6 nitrogen and oxygen atoms in total. The van der Waals surface area contributed by atoms with Crippen LogP contribution >= 0.6 is 0 Å². The first-order valence-corrected chi connectivity index (χ1v) is 9.20. The topological polar surface area (TPSA) is 59.7 Å². The third-order valence-corrected chi connectivity index (χ3v) is 4.91. The molecular weight excluding hydrogens is 324 g/mol. The molecule has 26 heavy (non-hydrogen) atoms. The SMILES string of the molecule is Cc1nc(C)n(C[C@@H]2CCCN(c3ccnc(-c4ccccc4)n3)C2)n1. The standard InChI is InChI=1S/C20H24N6/c1-15-22-16(2)26(24-15)14-17-7-6-12-25(13-17)19-10-11-21-20(23-19)18-8-4-3-5-9-18/h3-5,8-11,17H,6-7,12-14H2,1-2H3/t17-/m1/s1. The summed E-state index contributed by atoms with van der Waals surface area (Å²) in [5, 5.41) is 4.52. The number of aryl methyl sites for hydroxylation is 2. The van der Waals surface area contributed by atoms with Gasteiger partial charge in [0, 0.05) is 31.4 Å². The second kappa shape index (κ2) is 7.23. The van der Waals surface area contributed by atoms with Crippen LogP contribution in [0, 0.1) is 19.8 Å². The van der Waals surface area contributed by atoms with E-state index in [0.29, 0.717) is 5.92 Å². The van der Waals surface area contributed by atoms with Gasteiger partial charge in [-0.1, -0.05) is 30.3 Å². The zero-order chi connectivity index (χ0) is 17.9. The minimum atomic E-state index is 0.554. The summed E-state index contributed by atoms with van der Waals surface area (Å²) in [7, 11) is 0. The van der Waals surface area contributed by atoms with E-state index in [2.05, 4.69) is 20.0 Å². The highest BCUT2D eigenvalue weighted by Crippen LogP contribution is 2.24. The first-order valence-electron chi connectivity index (χ1n) is 9.20. The average molecular weight is 348 g/mol. The Morgan fingerprint density at radius 3 is 2.69 bits per heavy atom. The van der Waals surface area contributed by atoms with E-state index in [-0.39, 0.29) is 0 Å². The van der Waals surface area contributed by atoms with Gasteiger partial charge in [-0.05, 0) is 38.7 Å². The summed E-state index contributed by atoms with van der Waals surface area (Å²) < 4.78 is 2.04. The zero-order valence-corrected chi connectivity index (χ0v) is 15.3. The second-order valence-corrected chi connectivity index (χ2v) is 6.95. The number of nitrogens with zero attached hydrogens (tertiary/aromatic N) is 6. The summed E-state index contributed by atoms with van der Waals surface area (Å²) >= 11 is 0. The molecule has 1 aliphatic heterocycles. The molecule has 0 bridgehead atoms.